The molecule has 2 atom stereocenters. The summed E-state index contributed by atoms with van der Waals surface area (Å²) < 4.78 is 10.2. The molecule has 1 saturated heterocycles. The number of hydrogen-bond donors (Lipinski definition) is 1. The lowest BCUT2D eigenvalue weighted by Crippen LogP contribution is -2.17. The van der Waals surface area contributed by atoms with E-state index in [1.165, 1.54) is 13.0 Å². The second-order valence-corrected chi connectivity index (χ2v) is 3.37. The maximum atomic E-state index is 10.5. The molecule has 84 valence electrons. The number of carbonyl (C=O) groups is 2. The molecule has 0 aromatic heterocycles. The average molecular weight is 214 g/mol. The van der Waals surface area contributed by atoms with Crippen LogP contribution in [0, 0.1) is 0 Å². The highest BCUT2D eigenvalue weighted by Gasteiger charge is 2.24. The smallest absolute Gasteiger partial charge is 0.328 e. The summed E-state index contributed by atoms with van der Waals surface area (Å²) in [6, 6.07) is 0. The van der Waals surface area contributed by atoms with Crippen molar-refractivity contribution < 1.29 is 24.2 Å². The van der Waals surface area contributed by atoms with Gasteiger partial charge in [-0.05, 0) is 18.9 Å². The van der Waals surface area contributed by atoms with Gasteiger partial charge in [-0.2, -0.15) is 0 Å². The third-order valence-corrected chi connectivity index (χ3v) is 2.07. The maximum absolute atomic E-state index is 10.5. The first-order chi connectivity index (χ1) is 7.08. The zero-order valence-corrected chi connectivity index (χ0v) is 8.51. The molecule has 0 aliphatic carbocycles. The van der Waals surface area contributed by atoms with Gasteiger partial charge in [0.15, 0.2) is 0 Å². The number of carbonyl (C=O) groups excluding carboxylic acids is 1. The second kappa shape index (κ2) is 5.50. The number of carboxylic acids is 1. The Kier molecular flexibility index (Phi) is 4.30. The van der Waals surface area contributed by atoms with Gasteiger partial charge in [-0.1, -0.05) is 0 Å². The van der Waals surface area contributed by atoms with Crippen LogP contribution in [0.15, 0.2) is 12.2 Å². The number of hydrogen-bond acceptors (Lipinski definition) is 4. The predicted octanol–water partition coefficient (Wildman–Crippen LogP) is 0.738. The van der Waals surface area contributed by atoms with E-state index in [-0.39, 0.29) is 24.8 Å². The van der Waals surface area contributed by atoms with Crippen molar-refractivity contribution in [3.05, 3.63) is 12.2 Å². The molecule has 0 bridgehead atoms. The third kappa shape index (κ3) is 4.60. The van der Waals surface area contributed by atoms with Crippen molar-refractivity contribution in [3.63, 3.8) is 0 Å². The highest BCUT2D eigenvalue weighted by molar-refractivity contribution is 5.79. The zero-order chi connectivity index (χ0) is 11.3. The van der Waals surface area contributed by atoms with Gasteiger partial charge >= 0.3 is 11.9 Å². The lowest BCUT2D eigenvalue weighted by molar-refractivity contribution is -0.144. The second-order valence-electron chi connectivity index (χ2n) is 3.37. The molecule has 1 aliphatic rings. The van der Waals surface area contributed by atoms with Crippen LogP contribution in [0.1, 0.15) is 19.8 Å². The van der Waals surface area contributed by atoms with Gasteiger partial charge < -0.3 is 14.6 Å². The molecule has 1 N–H and O–H groups in total. The fourth-order valence-electron chi connectivity index (χ4n) is 1.40. The minimum atomic E-state index is -0.984. The molecule has 0 aromatic rings. The minimum absolute atomic E-state index is 0.114. The first kappa shape index (κ1) is 11.7. The molecule has 1 fully saturated rings. The van der Waals surface area contributed by atoms with Crippen molar-refractivity contribution in [3.8, 4) is 0 Å². The van der Waals surface area contributed by atoms with E-state index in [9.17, 15) is 9.59 Å². The van der Waals surface area contributed by atoms with Crippen LogP contribution in [0.25, 0.3) is 0 Å². The fraction of sp³-hybridized carbons (Fsp3) is 0.600. The van der Waals surface area contributed by atoms with E-state index in [0.717, 1.165) is 18.9 Å². The van der Waals surface area contributed by atoms with E-state index in [1.54, 1.807) is 0 Å². The summed E-state index contributed by atoms with van der Waals surface area (Å²) in [6.07, 6.45) is 3.83. The normalized spacial score (nSPS) is 25.7. The quantitative estimate of drug-likeness (QED) is 0.552. The predicted molar refractivity (Wildman–Crippen MR) is 51.3 cm³/mol. The zero-order valence-electron chi connectivity index (χ0n) is 8.51. The van der Waals surface area contributed by atoms with E-state index in [0.29, 0.717) is 0 Å². The van der Waals surface area contributed by atoms with Crippen LogP contribution in [0.2, 0.25) is 0 Å². The number of esters is 1. The molecule has 0 spiro atoms. The topological polar surface area (TPSA) is 72.8 Å². The lowest BCUT2D eigenvalue weighted by Gasteiger charge is -2.10. The van der Waals surface area contributed by atoms with Crippen LogP contribution < -0.4 is 0 Å². The van der Waals surface area contributed by atoms with Crippen molar-refractivity contribution in [2.24, 2.45) is 0 Å². The van der Waals surface area contributed by atoms with Gasteiger partial charge in [0.1, 0.15) is 6.61 Å². The molecule has 1 rings (SSSR count). The largest absolute Gasteiger partial charge is 0.478 e. The summed E-state index contributed by atoms with van der Waals surface area (Å²) in [5, 5.41) is 8.40. The van der Waals surface area contributed by atoms with Gasteiger partial charge in [0.2, 0.25) is 0 Å². The first-order valence-corrected chi connectivity index (χ1v) is 4.78. The number of carboxylic acid groups (broad SMARTS) is 1. The molecular weight excluding hydrogens is 200 g/mol. The Bertz CT molecular complexity index is 271. The summed E-state index contributed by atoms with van der Waals surface area (Å²) in [4.78, 5) is 20.8. The first-order valence-electron chi connectivity index (χ1n) is 4.78. The molecular formula is C10H14O5. The Balaban J connectivity index is 2.26. The number of aliphatic carboxylic acids is 1. The fourth-order valence-corrected chi connectivity index (χ4v) is 1.40. The van der Waals surface area contributed by atoms with Crippen LogP contribution >= 0.6 is 0 Å². The van der Waals surface area contributed by atoms with Crippen molar-refractivity contribution in [1.82, 2.24) is 0 Å². The van der Waals surface area contributed by atoms with E-state index >= 15 is 0 Å². The monoisotopic (exact) mass is 214 g/mol. The Hall–Kier alpha value is -1.36. The van der Waals surface area contributed by atoms with Crippen LogP contribution in [0.5, 0.6) is 0 Å². The van der Waals surface area contributed by atoms with Gasteiger partial charge in [-0.3, -0.25) is 4.79 Å². The van der Waals surface area contributed by atoms with Crippen LogP contribution in [0.3, 0.4) is 0 Å². The summed E-state index contributed by atoms with van der Waals surface area (Å²) >= 11 is 0. The summed E-state index contributed by atoms with van der Waals surface area (Å²) in [7, 11) is 0. The van der Waals surface area contributed by atoms with Gasteiger partial charge in [-0.25, -0.2) is 4.79 Å². The van der Waals surface area contributed by atoms with Crippen molar-refractivity contribution >= 4 is 11.9 Å². The lowest BCUT2D eigenvalue weighted by atomic mass is 10.2. The summed E-state index contributed by atoms with van der Waals surface area (Å²) in [5.41, 5.74) is 0. The Morgan fingerprint density at radius 3 is 2.87 bits per heavy atom. The maximum Gasteiger partial charge on any atom is 0.328 e. The van der Waals surface area contributed by atoms with Gasteiger partial charge in [-0.15, -0.1) is 0 Å². The van der Waals surface area contributed by atoms with E-state index < -0.39 is 5.97 Å². The molecule has 15 heavy (non-hydrogen) atoms. The third-order valence-electron chi connectivity index (χ3n) is 2.07. The molecule has 0 aromatic carbocycles. The van der Waals surface area contributed by atoms with E-state index in [1.807, 2.05) is 0 Å². The molecule has 5 nitrogen and oxygen atoms in total. The molecule has 5 heteroatoms. The minimum Gasteiger partial charge on any atom is -0.478 e. The van der Waals surface area contributed by atoms with Crippen LogP contribution in [-0.4, -0.2) is 35.9 Å². The Morgan fingerprint density at radius 2 is 2.27 bits per heavy atom. The van der Waals surface area contributed by atoms with E-state index in [2.05, 4.69) is 0 Å². The van der Waals surface area contributed by atoms with Crippen LogP contribution in [0.4, 0.5) is 0 Å². The molecule has 1 heterocycles. The van der Waals surface area contributed by atoms with Crippen LogP contribution in [-0.2, 0) is 19.1 Å². The standard InChI is InChI=1S/C10H14O5/c1-7(11)14-6-9-3-2-8(15-9)4-5-10(12)13/h4-5,8-9H,2-3,6H2,1H3,(H,12,13). The number of ether oxygens (including phenoxy) is 2. The summed E-state index contributed by atoms with van der Waals surface area (Å²) in [5.74, 6) is -1.31. The molecule has 2 unspecified atom stereocenters. The molecule has 0 saturated carbocycles. The van der Waals surface area contributed by atoms with Crippen molar-refractivity contribution in [1.29, 1.82) is 0 Å². The summed E-state index contributed by atoms with van der Waals surface area (Å²) in [6.45, 7) is 1.59. The highest BCUT2D eigenvalue weighted by Crippen LogP contribution is 2.20. The Labute approximate surface area is 87.7 Å². The van der Waals surface area contributed by atoms with Crippen molar-refractivity contribution in [2.45, 2.75) is 32.0 Å². The number of rotatable bonds is 4. The van der Waals surface area contributed by atoms with Gasteiger partial charge in [0.05, 0.1) is 12.2 Å². The van der Waals surface area contributed by atoms with Gasteiger partial charge in [0, 0.05) is 13.0 Å². The Morgan fingerprint density at radius 1 is 1.53 bits per heavy atom. The average Bonchev–Trinajstić information content (AvgIpc) is 2.59. The molecule has 1 aliphatic heterocycles. The van der Waals surface area contributed by atoms with Crippen molar-refractivity contribution in [2.75, 3.05) is 6.61 Å². The van der Waals surface area contributed by atoms with Gasteiger partial charge in [0.25, 0.3) is 0 Å². The highest BCUT2D eigenvalue weighted by atomic mass is 16.6. The molecule has 0 amide bonds. The molecule has 0 radical (unpaired) electrons. The SMILES string of the molecule is CC(=O)OCC1CCC(C=CC(=O)O)O1. The van der Waals surface area contributed by atoms with E-state index in [4.69, 9.17) is 14.6 Å².